The predicted molar refractivity (Wildman–Crippen MR) is 100 cm³/mol. The van der Waals surface area contributed by atoms with Crippen LogP contribution < -0.4 is 5.32 Å². The zero-order valence-corrected chi connectivity index (χ0v) is 15.5. The summed E-state index contributed by atoms with van der Waals surface area (Å²) in [6.07, 6.45) is -1.55. The number of ether oxygens (including phenoxy) is 1. The summed E-state index contributed by atoms with van der Waals surface area (Å²) in [6.45, 7) is 0.00669. The van der Waals surface area contributed by atoms with Crippen LogP contribution in [0.5, 0.6) is 0 Å². The van der Waals surface area contributed by atoms with Gasteiger partial charge in [0, 0.05) is 6.42 Å². The van der Waals surface area contributed by atoms with Gasteiger partial charge in [-0.1, -0.05) is 60.7 Å². The molecule has 2 unspecified atom stereocenters. The Labute approximate surface area is 157 Å². The summed E-state index contributed by atoms with van der Waals surface area (Å²) >= 11 is 0. The maximum absolute atomic E-state index is 12.8. The Hall–Kier alpha value is -2.63. The molecule has 0 spiro atoms. The summed E-state index contributed by atoms with van der Waals surface area (Å²) < 4.78 is 17.9. The van der Waals surface area contributed by atoms with Crippen LogP contribution in [-0.2, 0) is 26.9 Å². The van der Waals surface area contributed by atoms with E-state index in [1.54, 1.807) is 54.6 Å². The number of carboxylic acid groups (broad SMARTS) is 1. The molecule has 8 heteroatoms. The van der Waals surface area contributed by atoms with E-state index in [4.69, 9.17) is 9.84 Å². The van der Waals surface area contributed by atoms with Crippen LogP contribution >= 0.6 is 7.37 Å². The fourth-order valence-electron chi connectivity index (χ4n) is 2.49. The molecule has 0 bridgehead atoms. The Bertz CT molecular complexity index is 796. The number of amides is 1. The van der Waals surface area contributed by atoms with Crippen LogP contribution in [0.15, 0.2) is 60.7 Å². The number of rotatable bonds is 9. The molecule has 27 heavy (non-hydrogen) atoms. The molecule has 7 nitrogen and oxygen atoms in total. The number of carboxylic acids is 1. The van der Waals surface area contributed by atoms with Crippen molar-refractivity contribution in [2.45, 2.75) is 31.4 Å². The molecule has 0 aliphatic carbocycles. The normalized spacial score (nSPS) is 14.0. The van der Waals surface area contributed by atoms with Crippen LogP contribution in [0.25, 0.3) is 0 Å². The Balaban J connectivity index is 2.02. The lowest BCUT2D eigenvalue weighted by Gasteiger charge is -2.23. The highest BCUT2D eigenvalue weighted by Gasteiger charge is 2.33. The highest BCUT2D eigenvalue weighted by molar-refractivity contribution is 7.57. The smallest absolute Gasteiger partial charge is 0.408 e. The summed E-state index contributed by atoms with van der Waals surface area (Å²) in [5.41, 5.74) is 1.40. The molecule has 0 saturated carbocycles. The SMILES string of the molecule is O=C(O)CCC(NC(=O)OCc1ccccc1)P(=O)(O)Cc1ccccc1. The summed E-state index contributed by atoms with van der Waals surface area (Å²) in [7, 11) is -3.91. The van der Waals surface area contributed by atoms with Gasteiger partial charge in [0.1, 0.15) is 12.4 Å². The van der Waals surface area contributed by atoms with Gasteiger partial charge in [-0.05, 0) is 17.5 Å². The maximum atomic E-state index is 12.8. The standard InChI is InChI=1S/C19H22NO6P/c21-18(22)12-11-17(27(24,25)14-16-9-5-2-6-10-16)20-19(23)26-13-15-7-3-1-4-8-15/h1-10,17H,11-14H2,(H,20,23)(H,21,22)(H,24,25). The van der Waals surface area contributed by atoms with Crippen LogP contribution in [-0.4, -0.2) is 27.8 Å². The van der Waals surface area contributed by atoms with Crippen molar-refractivity contribution in [3.63, 3.8) is 0 Å². The molecule has 0 aliphatic rings. The summed E-state index contributed by atoms with van der Waals surface area (Å²) in [4.78, 5) is 33.4. The van der Waals surface area contributed by atoms with E-state index >= 15 is 0 Å². The molecule has 3 N–H and O–H groups in total. The molecule has 0 aromatic heterocycles. The number of benzene rings is 2. The largest absolute Gasteiger partial charge is 0.481 e. The number of nitrogens with one attached hydrogen (secondary N) is 1. The lowest BCUT2D eigenvalue weighted by atomic mass is 10.2. The average molecular weight is 391 g/mol. The van der Waals surface area contributed by atoms with Crippen LogP contribution in [0.4, 0.5) is 4.79 Å². The summed E-state index contributed by atoms with van der Waals surface area (Å²) in [6, 6.07) is 17.6. The fraction of sp³-hybridized carbons (Fsp3) is 0.263. The Kier molecular flexibility index (Phi) is 7.58. The minimum atomic E-state index is -3.91. The molecule has 2 aromatic carbocycles. The van der Waals surface area contributed by atoms with Gasteiger partial charge in [0.15, 0.2) is 0 Å². The molecule has 2 rings (SSSR count). The van der Waals surface area contributed by atoms with Crippen molar-refractivity contribution in [1.29, 1.82) is 0 Å². The van der Waals surface area contributed by atoms with E-state index in [0.717, 1.165) is 5.56 Å². The lowest BCUT2D eigenvalue weighted by molar-refractivity contribution is -0.137. The summed E-state index contributed by atoms with van der Waals surface area (Å²) in [5, 5.41) is 11.3. The molecule has 0 radical (unpaired) electrons. The van der Waals surface area contributed by atoms with Gasteiger partial charge >= 0.3 is 12.1 Å². The Morgan fingerprint density at radius 3 is 2.11 bits per heavy atom. The highest BCUT2D eigenvalue weighted by Crippen LogP contribution is 2.50. The van der Waals surface area contributed by atoms with Crippen molar-refractivity contribution in [2.75, 3.05) is 0 Å². The minimum Gasteiger partial charge on any atom is -0.481 e. The molecule has 0 saturated heterocycles. The van der Waals surface area contributed by atoms with Crippen molar-refractivity contribution >= 4 is 19.4 Å². The molecule has 0 aliphatic heterocycles. The lowest BCUT2D eigenvalue weighted by Crippen LogP contribution is -2.36. The third-order valence-electron chi connectivity index (χ3n) is 3.87. The van der Waals surface area contributed by atoms with E-state index in [0.29, 0.717) is 5.56 Å². The zero-order valence-electron chi connectivity index (χ0n) is 14.7. The molecular weight excluding hydrogens is 369 g/mol. The number of carbonyl (C=O) groups excluding carboxylic acids is 1. The van der Waals surface area contributed by atoms with Crippen LogP contribution in [0.1, 0.15) is 24.0 Å². The van der Waals surface area contributed by atoms with E-state index in [9.17, 15) is 19.0 Å². The van der Waals surface area contributed by atoms with Gasteiger partial charge in [0.2, 0.25) is 7.37 Å². The van der Waals surface area contributed by atoms with E-state index < -0.39 is 25.2 Å². The van der Waals surface area contributed by atoms with Crippen LogP contribution in [0.2, 0.25) is 0 Å². The third-order valence-corrected chi connectivity index (χ3v) is 6.05. The summed E-state index contributed by atoms with van der Waals surface area (Å²) in [5.74, 6) is -2.32. The fourth-order valence-corrected chi connectivity index (χ4v) is 4.29. The molecule has 0 fully saturated rings. The second-order valence-corrected chi connectivity index (χ2v) is 8.50. The van der Waals surface area contributed by atoms with E-state index in [-0.39, 0.29) is 25.6 Å². The molecular formula is C19H22NO6P. The first kappa shape index (κ1) is 20.7. The Morgan fingerprint density at radius 1 is 1.00 bits per heavy atom. The molecule has 144 valence electrons. The molecule has 2 aromatic rings. The van der Waals surface area contributed by atoms with Crippen molar-refractivity contribution in [2.24, 2.45) is 0 Å². The number of hydrogen-bond donors (Lipinski definition) is 3. The quantitative estimate of drug-likeness (QED) is 0.563. The van der Waals surface area contributed by atoms with E-state index in [2.05, 4.69) is 5.32 Å². The van der Waals surface area contributed by atoms with Crippen LogP contribution in [0.3, 0.4) is 0 Å². The van der Waals surface area contributed by atoms with Gasteiger partial charge in [-0.25, -0.2) is 4.79 Å². The van der Waals surface area contributed by atoms with E-state index in [1.807, 2.05) is 6.07 Å². The first-order valence-electron chi connectivity index (χ1n) is 8.41. The average Bonchev–Trinajstić information content (AvgIpc) is 2.64. The van der Waals surface area contributed by atoms with Crippen molar-refractivity contribution < 1.29 is 28.9 Å². The molecule has 2 atom stereocenters. The number of aliphatic carboxylic acids is 1. The zero-order chi connectivity index (χ0) is 19.7. The third kappa shape index (κ3) is 7.25. The van der Waals surface area contributed by atoms with Gasteiger partial charge in [-0.2, -0.15) is 0 Å². The topological polar surface area (TPSA) is 113 Å². The highest BCUT2D eigenvalue weighted by atomic mass is 31.2. The van der Waals surface area contributed by atoms with Gasteiger partial charge in [-0.3, -0.25) is 9.36 Å². The van der Waals surface area contributed by atoms with Crippen LogP contribution in [0, 0.1) is 0 Å². The minimum absolute atomic E-state index is 0.00669. The predicted octanol–water partition coefficient (Wildman–Crippen LogP) is 3.57. The van der Waals surface area contributed by atoms with Gasteiger partial charge in [-0.15, -0.1) is 0 Å². The first-order chi connectivity index (χ1) is 12.9. The van der Waals surface area contributed by atoms with Crippen molar-refractivity contribution in [1.82, 2.24) is 5.32 Å². The maximum Gasteiger partial charge on any atom is 0.408 e. The Morgan fingerprint density at radius 2 is 1.56 bits per heavy atom. The van der Waals surface area contributed by atoms with Crippen molar-refractivity contribution in [3.8, 4) is 0 Å². The van der Waals surface area contributed by atoms with Gasteiger partial charge in [0.25, 0.3) is 0 Å². The second-order valence-electron chi connectivity index (χ2n) is 6.05. The molecule has 0 heterocycles. The first-order valence-corrected chi connectivity index (χ1v) is 10.3. The monoisotopic (exact) mass is 391 g/mol. The van der Waals surface area contributed by atoms with Gasteiger partial charge < -0.3 is 20.1 Å². The molecule has 1 amide bonds. The number of hydrogen-bond acceptors (Lipinski definition) is 4. The number of alkyl carbamates (subject to hydrolysis) is 1. The van der Waals surface area contributed by atoms with E-state index in [1.165, 1.54) is 0 Å². The second kappa shape index (κ2) is 9.90. The number of carbonyl (C=O) groups is 2. The van der Waals surface area contributed by atoms with Gasteiger partial charge in [0.05, 0.1) is 6.16 Å². The van der Waals surface area contributed by atoms with Crippen molar-refractivity contribution in [3.05, 3.63) is 71.8 Å².